The molecule has 152 valence electrons. The quantitative estimate of drug-likeness (QED) is 0.589. The van der Waals surface area contributed by atoms with Crippen LogP contribution in [0.25, 0.3) is 5.69 Å². The number of anilines is 1. The van der Waals surface area contributed by atoms with Crippen molar-refractivity contribution in [3.63, 3.8) is 0 Å². The van der Waals surface area contributed by atoms with Gasteiger partial charge in [-0.25, -0.2) is 13.9 Å². The molecule has 1 heterocycles. The van der Waals surface area contributed by atoms with Gasteiger partial charge >= 0.3 is 5.97 Å². The number of nitrogens with one attached hydrogen (secondary N) is 1. The molecule has 1 aromatic heterocycles. The fraction of sp³-hybridized carbons (Fsp3) is 0.100. The monoisotopic (exact) mass is 446 g/mol. The zero-order chi connectivity index (χ0) is 21.8. The third-order valence-electron chi connectivity index (χ3n) is 3.99. The Morgan fingerprint density at radius 1 is 1.23 bits per heavy atom. The summed E-state index contributed by atoms with van der Waals surface area (Å²) in [5.41, 5.74) is 1.35. The van der Waals surface area contributed by atoms with Gasteiger partial charge in [0.15, 0.2) is 6.61 Å². The average molecular weight is 447 g/mol. The summed E-state index contributed by atoms with van der Waals surface area (Å²) >= 11 is 12.2. The molecule has 3 aromatic rings. The number of nitrogens with zero attached hydrogens (tertiary/aromatic N) is 3. The lowest BCUT2D eigenvalue weighted by Gasteiger charge is -2.07. The molecule has 3 rings (SSSR count). The van der Waals surface area contributed by atoms with E-state index in [1.807, 2.05) is 6.07 Å². The molecule has 0 aliphatic rings. The van der Waals surface area contributed by atoms with E-state index in [-0.39, 0.29) is 27.0 Å². The Balaban J connectivity index is 1.68. The number of aryl methyl sites for hydroxylation is 1. The second-order valence-electron chi connectivity index (χ2n) is 6.07. The zero-order valence-electron chi connectivity index (χ0n) is 15.4. The predicted octanol–water partition coefficient (Wildman–Crippen LogP) is 4.29. The van der Waals surface area contributed by atoms with Gasteiger partial charge in [0, 0.05) is 5.69 Å². The lowest BCUT2D eigenvalue weighted by molar-refractivity contribution is -0.119. The largest absolute Gasteiger partial charge is 0.452 e. The molecule has 1 N–H and O–H groups in total. The molecular weight excluding hydrogens is 434 g/mol. The fourth-order valence-corrected chi connectivity index (χ4v) is 3.14. The molecule has 0 radical (unpaired) electrons. The summed E-state index contributed by atoms with van der Waals surface area (Å²) in [7, 11) is 0. The first-order chi connectivity index (χ1) is 14.3. The van der Waals surface area contributed by atoms with E-state index >= 15 is 0 Å². The molecule has 0 bridgehead atoms. The summed E-state index contributed by atoms with van der Waals surface area (Å²) in [5.74, 6) is -1.87. The number of amides is 1. The van der Waals surface area contributed by atoms with Crippen molar-refractivity contribution in [1.29, 1.82) is 5.26 Å². The fourth-order valence-electron chi connectivity index (χ4n) is 2.57. The maximum Gasteiger partial charge on any atom is 0.343 e. The maximum atomic E-state index is 13.1. The van der Waals surface area contributed by atoms with Gasteiger partial charge in [0.25, 0.3) is 5.91 Å². The number of hydrogen-bond donors (Lipinski definition) is 1. The zero-order valence-corrected chi connectivity index (χ0v) is 17.0. The molecule has 0 atom stereocenters. The Kier molecular flexibility index (Phi) is 6.35. The lowest BCUT2D eigenvalue weighted by Crippen LogP contribution is -2.21. The van der Waals surface area contributed by atoms with E-state index in [1.165, 1.54) is 47.1 Å². The van der Waals surface area contributed by atoms with Gasteiger partial charge in [0.05, 0.1) is 22.0 Å². The molecule has 0 saturated heterocycles. The molecule has 1 amide bonds. The van der Waals surface area contributed by atoms with E-state index in [9.17, 15) is 14.0 Å². The standard InChI is InChI=1S/C20H13Cl2FN4O3/c1-11-18(19(22)27(26-11)15-6-3-13(23)4-7-15)20(29)30-10-17(28)25-14-5-2-12(9-24)16(21)8-14/h2-8H,10H2,1H3,(H,25,28). The molecule has 0 aliphatic carbocycles. The van der Waals surface area contributed by atoms with Gasteiger partial charge in [0.1, 0.15) is 22.6 Å². The average Bonchev–Trinajstić information content (AvgIpc) is 3.01. The number of halogens is 3. The van der Waals surface area contributed by atoms with Crippen molar-refractivity contribution in [1.82, 2.24) is 9.78 Å². The van der Waals surface area contributed by atoms with Crippen molar-refractivity contribution < 1.29 is 18.7 Å². The second-order valence-corrected chi connectivity index (χ2v) is 6.84. The van der Waals surface area contributed by atoms with Gasteiger partial charge in [-0.05, 0) is 49.4 Å². The van der Waals surface area contributed by atoms with E-state index in [2.05, 4.69) is 10.4 Å². The van der Waals surface area contributed by atoms with Crippen LogP contribution in [0.2, 0.25) is 10.2 Å². The number of carbonyl (C=O) groups excluding carboxylic acids is 2. The van der Waals surface area contributed by atoms with Crippen molar-refractivity contribution in [2.24, 2.45) is 0 Å². The predicted molar refractivity (Wildman–Crippen MR) is 108 cm³/mol. The van der Waals surface area contributed by atoms with Crippen LogP contribution in [-0.4, -0.2) is 28.3 Å². The normalized spacial score (nSPS) is 10.4. The molecule has 0 unspecified atom stereocenters. The molecule has 0 aliphatic heterocycles. The highest BCUT2D eigenvalue weighted by molar-refractivity contribution is 6.33. The van der Waals surface area contributed by atoms with Crippen LogP contribution in [0, 0.1) is 24.1 Å². The van der Waals surface area contributed by atoms with Gasteiger partial charge in [-0.3, -0.25) is 4.79 Å². The van der Waals surface area contributed by atoms with Gasteiger partial charge in [-0.15, -0.1) is 0 Å². The first-order valence-corrected chi connectivity index (χ1v) is 9.23. The smallest absolute Gasteiger partial charge is 0.343 e. The van der Waals surface area contributed by atoms with Gasteiger partial charge < -0.3 is 10.1 Å². The summed E-state index contributed by atoms with van der Waals surface area (Å²) in [6, 6.07) is 11.7. The van der Waals surface area contributed by atoms with Crippen LogP contribution in [0.15, 0.2) is 42.5 Å². The van der Waals surface area contributed by atoms with E-state index in [0.717, 1.165) is 0 Å². The van der Waals surface area contributed by atoms with Crippen LogP contribution in [0.4, 0.5) is 10.1 Å². The number of aromatic nitrogens is 2. The molecule has 2 aromatic carbocycles. The van der Waals surface area contributed by atoms with Crippen LogP contribution >= 0.6 is 23.2 Å². The Bertz CT molecular complexity index is 1170. The van der Waals surface area contributed by atoms with Crippen molar-refractivity contribution in [2.75, 3.05) is 11.9 Å². The van der Waals surface area contributed by atoms with Crippen molar-refractivity contribution in [3.8, 4) is 11.8 Å². The highest BCUT2D eigenvalue weighted by Crippen LogP contribution is 2.25. The minimum atomic E-state index is -0.834. The first kappa shape index (κ1) is 21.3. The van der Waals surface area contributed by atoms with Gasteiger partial charge in [-0.1, -0.05) is 23.2 Å². The first-order valence-electron chi connectivity index (χ1n) is 8.48. The second kappa shape index (κ2) is 8.95. The molecule has 30 heavy (non-hydrogen) atoms. The van der Waals surface area contributed by atoms with E-state index in [4.69, 9.17) is 33.2 Å². The Morgan fingerprint density at radius 2 is 1.93 bits per heavy atom. The van der Waals surface area contributed by atoms with Crippen molar-refractivity contribution >= 4 is 40.8 Å². The molecule has 7 nitrogen and oxygen atoms in total. The number of esters is 1. The van der Waals surface area contributed by atoms with E-state index < -0.39 is 24.3 Å². The third-order valence-corrected chi connectivity index (χ3v) is 4.65. The summed E-state index contributed by atoms with van der Waals surface area (Å²) in [5, 5.41) is 15.7. The minimum absolute atomic E-state index is 0.00444. The van der Waals surface area contributed by atoms with Crippen molar-refractivity contribution in [3.05, 3.63) is 75.3 Å². The molecule has 0 saturated carbocycles. The van der Waals surface area contributed by atoms with Crippen LogP contribution in [0.3, 0.4) is 0 Å². The lowest BCUT2D eigenvalue weighted by atomic mass is 10.2. The number of benzene rings is 2. The number of nitriles is 1. The summed E-state index contributed by atoms with van der Waals surface area (Å²) < 4.78 is 19.4. The Labute approximate surface area is 180 Å². The summed E-state index contributed by atoms with van der Waals surface area (Å²) in [6.45, 7) is 0.981. The molecule has 10 heteroatoms. The minimum Gasteiger partial charge on any atom is -0.452 e. The van der Waals surface area contributed by atoms with Crippen LogP contribution in [-0.2, 0) is 9.53 Å². The van der Waals surface area contributed by atoms with E-state index in [1.54, 1.807) is 6.92 Å². The molecule has 0 fully saturated rings. The maximum absolute atomic E-state index is 13.1. The van der Waals surface area contributed by atoms with Crippen LogP contribution in [0.5, 0.6) is 0 Å². The number of carbonyl (C=O) groups is 2. The highest BCUT2D eigenvalue weighted by Gasteiger charge is 2.23. The molecule has 0 spiro atoms. The number of rotatable bonds is 5. The molecular formula is C20H13Cl2FN4O3. The van der Waals surface area contributed by atoms with E-state index in [0.29, 0.717) is 11.4 Å². The Hall–Kier alpha value is -3.41. The summed E-state index contributed by atoms with van der Waals surface area (Å²) in [6.07, 6.45) is 0. The number of ether oxygens (including phenoxy) is 1. The Morgan fingerprint density at radius 3 is 2.57 bits per heavy atom. The van der Waals surface area contributed by atoms with Crippen molar-refractivity contribution in [2.45, 2.75) is 6.92 Å². The topological polar surface area (TPSA) is 97.0 Å². The van der Waals surface area contributed by atoms with Crippen LogP contribution < -0.4 is 5.32 Å². The van der Waals surface area contributed by atoms with Gasteiger partial charge in [-0.2, -0.15) is 10.4 Å². The third kappa shape index (κ3) is 4.59. The summed E-state index contributed by atoms with van der Waals surface area (Å²) in [4.78, 5) is 24.5. The number of hydrogen-bond acceptors (Lipinski definition) is 5. The SMILES string of the molecule is Cc1nn(-c2ccc(F)cc2)c(Cl)c1C(=O)OCC(=O)Nc1ccc(C#N)c(Cl)c1. The van der Waals surface area contributed by atoms with Crippen LogP contribution in [0.1, 0.15) is 21.6 Å². The van der Waals surface area contributed by atoms with Gasteiger partial charge in [0.2, 0.25) is 0 Å². The highest BCUT2D eigenvalue weighted by atomic mass is 35.5.